The van der Waals surface area contributed by atoms with Crippen LogP contribution in [0, 0.1) is 0 Å². The van der Waals surface area contributed by atoms with Crippen LogP contribution in [-0.4, -0.2) is 11.1 Å². The molecule has 2 rings (SSSR count). The Bertz CT molecular complexity index is 624. The van der Waals surface area contributed by atoms with Crippen molar-refractivity contribution in [2.75, 3.05) is 11.1 Å². The third kappa shape index (κ3) is 3.08. The molecule has 0 spiro atoms. The Labute approximate surface area is 126 Å². The molecule has 0 saturated heterocycles. The first-order valence-corrected chi connectivity index (χ1v) is 6.91. The summed E-state index contributed by atoms with van der Waals surface area (Å²) in [7, 11) is 0. The maximum atomic E-state index is 11.0. The van der Waals surface area contributed by atoms with Crippen LogP contribution >= 0.6 is 31.9 Å². The van der Waals surface area contributed by atoms with Gasteiger partial charge in [-0.15, -0.1) is 0 Å². The van der Waals surface area contributed by atoms with Gasteiger partial charge in [0.1, 0.15) is 0 Å². The number of halogens is 2. The van der Waals surface area contributed by atoms with E-state index < -0.39 is 5.97 Å². The van der Waals surface area contributed by atoms with E-state index >= 15 is 0 Å². The molecule has 0 unspecified atom stereocenters. The van der Waals surface area contributed by atoms with Crippen LogP contribution in [0.1, 0.15) is 10.4 Å². The van der Waals surface area contributed by atoms with Crippen LogP contribution in [0.15, 0.2) is 45.3 Å². The molecule has 4 N–H and O–H groups in total. The summed E-state index contributed by atoms with van der Waals surface area (Å²) in [6.45, 7) is 0. The van der Waals surface area contributed by atoms with Crippen LogP contribution in [-0.2, 0) is 0 Å². The number of carboxylic acid groups (broad SMARTS) is 1. The molecular formula is C13H10Br2N2O2. The number of hydrogen-bond acceptors (Lipinski definition) is 3. The molecule has 2 aromatic rings. The predicted octanol–water partition coefficient (Wildman–Crippen LogP) is 4.24. The van der Waals surface area contributed by atoms with Crippen molar-refractivity contribution < 1.29 is 9.90 Å². The molecule has 98 valence electrons. The molecule has 2 aromatic carbocycles. The Kier molecular flexibility index (Phi) is 4.11. The first kappa shape index (κ1) is 13.9. The van der Waals surface area contributed by atoms with E-state index in [0.717, 1.165) is 14.6 Å². The number of anilines is 3. The molecule has 0 aliphatic rings. The first-order chi connectivity index (χ1) is 8.99. The van der Waals surface area contributed by atoms with Gasteiger partial charge < -0.3 is 16.2 Å². The minimum absolute atomic E-state index is 0.0770. The fourth-order valence-corrected chi connectivity index (χ4v) is 2.78. The van der Waals surface area contributed by atoms with E-state index in [0.29, 0.717) is 5.69 Å². The van der Waals surface area contributed by atoms with Gasteiger partial charge in [0.05, 0.1) is 11.3 Å². The summed E-state index contributed by atoms with van der Waals surface area (Å²) in [5.74, 6) is -1.05. The van der Waals surface area contributed by atoms with E-state index in [1.807, 2.05) is 18.2 Å². The highest BCUT2D eigenvalue weighted by Crippen LogP contribution is 2.33. The molecule has 0 saturated carbocycles. The zero-order chi connectivity index (χ0) is 14.0. The van der Waals surface area contributed by atoms with E-state index in [1.165, 1.54) is 6.07 Å². The van der Waals surface area contributed by atoms with Gasteiger partial charge in [-0.05, 0) is 62.2 Å². The molecule has 0 bridgehead atoms. The topological polar surface area (TPSA) is 75.3 Å². The summed E-state index contributed by atoms with van der Waals surface area (Å²) < 4.78 is 1.74. The quantitative estimate of drug-likeness (QED) is 0.691. The lowest BCUT2D eigenvalue weighted by Crippen LogP contribution is -2.03. The van der Waals surface area contributed by atoms with E-state index in [4.69, 9.17) is 10.8 Å². The highest BCUT2D eigenvalue weighted by atomic mass is 79.9. The minimum atomic E-state index is -1.05. The molecule has 0 fully saturated rings. The van der Waals surface area contributed by atoms with Crippen molar-refractivity contribution in [3.63, 3.8) is 0 Å². The number of para-hydroxylation sites is 1. The van der Waals surface area contributed by atoms with Crippen LogP contribution in [0.2, 0.25) is 0 Å². The number of carbonyl (C=O) groups is 1. The van der Waals surface area contributed by atoms with E-state index in [9.17, 15) is 4.79 Å². The predicted molar refractivity (Wildman–Crippen MR) is 82.9 cm³/mol. The summed E-state index contributed by atoms with van der Waals surface area (Å²) in [5.41, 5.74) is 7.41. The number of carboxylic acids is 1. The summed E-state index contributed by atoms with van der Waals surface area (Å²) in [6.07, 6.45) is 0. The molecule has 0 atom stereocenters. The van der Waals surface area contributed by atoms with Gasteiger partial charge in [-0.25, -0.2) is 4.79 Å². The molecule has 0 amide bonds. The average Bonchev–Trinajstić information content (AvgIpc) is 2.35. The summed E-state index contributed by atoms with van der Waals surface area (Å²) >= 11 is 6.87. The van der Waals surface area contributed by atoms with Crippen LogP contribution < -0.4 is 11.1 Å². The van der Waals surface area contributed by atoms with Crippen molar-refractivity contribution in [1.29, 1.82) is 0 Å². The smallest absolute Gasteiger partial charge is 0.337 e. The molecule has 0 aliphatic heterocycles. The lowest BCUT2D eigenvalue weighted by molar-refractivity contribution is 0.0698. The fourth-order valence-electron chi connectivity index (χ4n) is 1.58. The zero-order valence-electron chi connectivity index (χ0n) is 9.65. The standard InChI is InChI=1S/C13H10Br2N2O2/c14-9-2-1-3-10(15)12(9)17-7-4-5-11(16)8(6-7)13(18)19/h1-6,17H,16H2,(H,18,19). The average molecular weight is 386 g/mol. The fraction of sp³-hybridized carbons (Fsp3) is 0. The largest absolute Gasteiger partial charge is 0.478 e. The molecule has 0 radical (unpaired) electrons. The van der Waals surface area contributed by atoms with E-state index in [2.05, 4.69) is 37.2 Å². The van der Waals surface area contributed by atoms with Crippen molar-refractivity contribution in [1.82, 2.24) is 0 Å². The number of hydrogen-bond donors (Lipinski definition) is 3. The number of nitrogens with one attached hydrogen (secondary N) is 1. The van der Waals surface area contributed by atoms with Gasteiger partial charge in [-0.3, -0.25) is 0 Å². The van der Waals surface area contributed by atoms with Gasteiger partial charge in [0.2, 0.25) is 0 Å². The van der Waals surface area contributed by atoms with Crippen molar-refractivity contribution >= 4 is 54.9 Å². The number of nitrogen functional groups attached to an aromatic ring is 1. The van der Waals surface area contributed by atoms with E-state index in [1.54, 1.807) is 12.1 Å². The summed E-state index contributed by atoms with van der Waals surface area (Å²) in [4.78, 5) is 11.0. The van der Waals surface area contributed by atoms with Crippen LogP contribution in [0.4, 0.5) is 17.1 Å². The lowest BCUT2D eigenvalue weighted by atomic mass is 10.1. The number of rotatable bonds is 3. The zero-order valence-corrected chi connectivity index (χ0v) is 12.8. The second-order valence-electron chi connectivity index (χ2n) is 3.83. The Hall–Kier alpha value is -1.53. The van der Waals surface area contributed by atoms with Gasteiger partial charge in [-0.2, -0.15) is 0 Å². The molecule has 6 heteroatoms. The molecule has 4 nitrogen and oxygen atoms in total. The number of aromatic carboxylic acids is 1. The second-order valence-corrected chi connectivity index (χ2v) is 5.54. The third-order valence-corrected chi connectivity index (χ3v) is 3.84. The monoisotopic (exact) mass is 384 g/mol. The van der Waals surface area contributed by atoms with Crippen LogP contribution in [0.25, 0.3) is 0 Å². The lowest BCUT2D eigenvalue weighted by Gasteiger charge is -2.12. The normalized spacial score (nSPS) is 10.2. The van der Waals surface area contributed by atoms with Crippen LogP contribution in [0.3, 0.4) is 0 Å². The second kappa shape index (κ2) is 5.63. The first-order valence-electron chi connectivity index (χ1n) is 5.33. The van der Waals surface area contributed by atoms with Crippen molar-refractivity contribution in [2.45, 2.75) is 0 Å². The SMILES string of the molecule is Nc1ccc(Nc2c(Br)cccc2Br)cc1C(=O)O. The van der Waals surface area contributed by atoms with Gasteiger partial charge in [0.25, 0.3) is 0 Å². The van der Waals surface area contributed by atoms with Gasteiger partial charge in [-0.1, -0.05) is 6.07 Å². The molecule has 0 aliphatic carbocycles. The maximum Gasteiger partial charge on any atom is 0.337 e. The Morgan fingerprint density at radius 1 is 1.16 bits per heavy atom. The van der Waals surface area contributed by atoms with Gasteiger partial charge >= 0.3 is 5.97 Å². The van der Waals surface area contributed by atoms with Crippen LogP contribution in [0.5, 0.6) is 0 Å². The minimum Gasteiger partial charge on any atom is -0.478 e. The number of benzene rings is 2. The molecule has 0 heterocycles. The highest BCUT2D eigenvalue weighted by Gasteiger charge is 2.10. The number of nitrogens with two attached hydrogens (primary N) is 1. The molecule has 0 aromatic heterocycles. The summed E-state index contributed by atoms with van der Waals surface area (Å²) in [5, 5.41) is 12.2. The third-order valence-electron chi connectivity index (χ3n) is 2.52. The van der Waals surface area contributed by atoms with Gasteiger partial charge in [0, 0.05) is 20.3 Å². The van der Waals surface area contributed by atoms with Crippen molar-refractivity contribution in [3.05, 3.63) is 50.9 Å². The maximum absolute atomic E-state index is 11.0. The molecule has 19 heavy (non-hydrogen) atoms. The Balaban J connectivity index is 2.39. The molecular weight excluding hydrogens is 376 g/mol. The summed E-state index contributed by atoms with van der Waals surface area (Å²) in [6, 6.07) is 10.5. The Morgan fingerprint density at radius 3 is 2.37 bits per heavy atom. The van der Waals surface area contributed by atoms with Gasteiger partial charge in [0.15, 0.2) is 0 Å². The van der Waals surface area contributed by atoms with E-state index in [-0.39, 0.29) is 11.3 Å². The van der Waals surface area contributed by atoms with Crippen molar-refractivity contribution in [2.24, 2.45) is 0 Å². The highest BCUT2D eigenvalue weighted by molar-refractivity contribution is 9.11. The van der Waals surface area contributed by atoms with Crippen molar-refractivity contribution in [3.8, 4) is 0 Å². The Morgan fingerprint density at radius 2 is 1.79 bits per heavy atom.